The zero-order valence-electron chi connectivity index (χ0n) is 13.3. The number of carbonyl (C=O) groups excluding carboxylic acids is 1. The van der Waals surface area contributed by atoms with E-state index in [1.54, 1.807) is 12.5 Å². The molecule has 1 aromatic rings. The number of hydrogen-bond donors (Lipinski definition) is 2. The largest absolute Gasteiger partial charge is 0.350 e. The molecule has 0 aliphatic heterocycles. The van der Waals surface area contributed by atoms with Crippen LogP contribution in [0.1, 0.15) is 41.0 Å². The summed E-state index contributed by atoms with van der Waals surface area (Å²) in [6.07, 6.45) is 6.11. The molecule has 1 aromatic heterocycles. The molecule has 0 aromatic carbocycles. The minimum atomic E-state index is -0.442. The molecule has 5 heteroatoms. The lowest BCUT2D eigenvalue weighted by molar-refractivity contribution is -0.124. The van der Waals surface area contributed by atoms with Crippen molar-refractivity contribution < 1.29 is 4.79 Å². The smallest absolute Gasteiger partial charge is 0.237 e. The Morgan fingerprint density at radius 1 is 1.40 bits per heavy atom. The molecule has 20 heavy (non-hydrogen) atoms. The highest BCUT2D eigenvalue weighted by atomic mass is 16.2. The zero-order chi connectivity index (χ0) is 15.3. The maximum Gasteiger partial charge on any atom is 0.237 e. The molecule has 0 aliphatic carbocycles. The number of hydrogen-bond acceptors (Lipinski definition) is 3. The van der Waals surface area contributed by atoms with Gasteiger partial charge in [-0.05, 0) is 17.8 Å². The predicted octanol–water partition coefficient (Wildman–Crippen LogP) is 1.79. The van der Waals surface area contributed by atoms with Crippen LogP contribution < -0.4 is 11.1 Å². The fourth-order valence-corrected chi connectivity index (χ4v) is 2.04. The molecule has 3 N–H and O–H groups in total. The van der Waals surface area contributed by atoms with Gasteiger partial charge in [-0.3, -0.25) is 4.79 Å². The van der Waals surface area contributed by atoms with Crippen LogP contribution in [0.5, 0.6) is 0 Å². The van der Waals surface area contributed by atoms with E-state index in [1.165, 1.54) is 0 Å². The maximum atomic E-state index is 12.2. The Balaban J connectivity index is 2.68. The molecule has 0 bridgehead atoms. The fourth-order valence-electron chi connectivity index (χ4n) is 2.04. The number of aromatic nitrogens is 2. The van der Waals surface area contributed by atoms with Gasteiger partial charge in [-0.1, -0.05) is 34.6 Å². The third-order valence-electron chi connectivity index (χ3n) is 3.38. The highest BCUT2D eigenvalue weighted by Gasteiger charge is 2.28. The summed E-state index contributed by atoms with van der Waals surface area (Å²) in [7, 11) is 0. The molecule has 0 fully saturated rings. The van der Waals surface area contributed by atoms with E-state index in [9.17, 15) is 4.79 Å². The minimum absolute atomic E-state index is 0.0161. The van der Waals surface area contributed by atoms with Crippen molar-refractivity contribution in [1.82, 2.24) is 14.9 Å². The summed E-state index contributed by atoms with van der Waals surface area (Å²) in [5.74, 6) is 0.344. The van der Waals surface area contributed by atoms with Crippen molar-refractivity contribution in [3.05, 3.63) is 18.7 Å². The van der Waals surface area contributed by atoms with Crippen LogP contribution in [0.2, 0.25) is 0 Å². The van der Waals surface area contributed by atoms with Gasteiger partial charge in [0.05, 0.1) is 18.4 Å². The second-order valence-electron chi connectivity index (χ2n) is 6.92. The Morgan fingerprint density at radius 3 is 2.50 bits per heavy atom. The van der Waals surface area contributed by atoms with Crippen LogP contribution in [0.3, 0.4) is 0 Å². The molecule has 0 aliphatic rings. The second kappa shape index (κ2) is 6.88. The van der Waals surface area contributed by atoms with Crippen LogP contribution in [0.4, 0.5) is 0 Å². The molecule has 0 saturated heterocycles. The van der Waals surface area contributed by atoms with Crippen LogP contribution in [0, 0.1) is 11.3 Å². The van der Waals surface area contributed by atoms with Gasteiger partial charge in [-0.25, -0.2) is 4.98 Å². The maximum absolute atomic E-state index is 12.2. The van der Waals surface area contributed by atoms with Gasteiger partial charge in [0.2, 0.25) is 5.91 Å². The first-order valence-electron chi connectivity index (χ1n) is 7.22. The third-order valence-corrected chi connectivity index (χ3v) is 3.38. The van der Waals surface area contributed by atoms with E-state index in [1.807, 2.05) is 10.8 Å². The number of carbonyl (C=O) groups is 1. The molecule has 2 atom stereocenters. The second-order valence-corrected chi connectivity index (χ2v) is 6.92. The molecule has 1 heterocycles. The highest BCUT2D eigenvalue weighted by Crippen LogP contribution is 2.21. The van der Waals surface area contributed by atoms with Crippen LogP contribution in [0.15, 0.2) is 18.7 Å². The first-order chi connectivity index (χ1) is 9.20. The van der Waals surface area contributed by atoms with E-state index in [0.29, 0.717) is 18.9 Å². The predicted molar refractivity (Wildman–Crippen MR) is 81.0 cm³/mol. The molecule has 0 saturated carbocycles. The first-order valence-corrected chi connectivity index (χ1v) is 7.22. The summed E-state index contributed by atoms with van der Waals surface area (Å²) < 4.78 is 1.98. The standard InChI is InChI=1S/C15H28N4O/c1-11(2)8-12(16)14(20)18-13(15(3,4)5)9-19-7-6-17-10-19/h6-7,10-13H,8-9,16H2,1-5H3,(H,18,20)/t12-,13?/m0/s1. The number of rotatable bonds is 6. The summed E-state index contributed by atoms with van der Waals surface area (Å²) in [6.45, 7) is 11.2. The molecule has 1 amide bonds. The molecular weight excluding hydrogens is 252 g/mol. The number of nitrogens with one attached hydrogen (secondary N) is 1. The molecule has 1 rings (SSSR count). The molecular formula is C15H28N4O. The van der Waals surface area contributed by atoms with Crippen LogP contribution >= 0.6 is 0 Å². The zero-order valence-corrected chi connectivity index (χ0v) is 13.3. The number of imidazole rings is 1. The Hall–Kier alpha value is -1.36. The minimum Gasteiger partial charge on any atom is -0.350 e. The van der Waals surface area contributed by atoms with Crippen molar-refractivity contribution in [2.45, 2.75) is 59.7 Å². The summed E-state index contributed by atoms with van der Waals surface area (Å²) in [5.41, 5.74) is 5.91. The average molecular weight is 280 g/mol. The van der Waals surface area contributed by atoms with Crippen molar-refractivity contribution in [1.29, 1.82) is 0 Å². The molecule has 5 nitrogen and oxygen atoms in total. The average Bonchev–Trinajstić information content (AvgIpc) is 2.78. The summed E-state index contributed by atoms with van der Waals surface area (Å²) in [4.78, 5) is 16.2. The lowest BCUT2D eigenvalue weighted by Gasteiger charge is -2.32. The summed E-state index contributed by atoms with van der Waals surface area (Å²) in [5, 5.41) is 3.09. The molecule has 114 valence electrons. The fraction of sp³-hybridized carbons (Fsp3) is 0.733. The van der Waals surface area contributed by atoms with Crippen molar-refractivity contribution in [3.63, 3.8) is 0 Å². The van der Waals surface area contributed by atoms with Crippen LogP contribution in [-0.2, 0) is 11.3 Å². The van der Waals surface area contributed by atoms with Crippen molar-refractivity contribution >= 4 is 5.91 Å². The van der Waals surface area contributed by atoms with Crippen molar-refractivity contribution in [3.8, 4) is 0 Å². The Morgan fingerprint density at radius 2 is 2.05 bits per heavy atom. The molecule has 0 spiro atoms. The van der Waals surface area contributed by atoms with Gasteiger partial charge in [0.1, 0.15) is 0 Å². The van der Waals surface area contributed by atoms with Gasteiger partial charge in [0.25, 0.3) is 0 Å². The lowest BCUT2D eigenvalue weighted by Crippen LogP contribution is -2.51. The Kier molecular flexibility index (Phi) is 5.74. The molecule has 1 unspecified atom stereocenters. The van der Waals surface area contributed by atoms with Gasteiger partial charge >= 0.3 is 0 Å². The van der Waals surface area contributed by atoms with Crippen molar-refractivity contribution in [2.24, 2.45) is 17.1 Å². The van der Waals surface area contributed by atoms with E-state index < -0.39 is 6.04 Å². The SMILES string of the molecule is CC(C)C[C@H](N)C(=O)NC(Cn1ccnc1)C(C)(C)C. The first kappa shape index (κ1) is 16.7. The van der Waals surface area contributed by atoms with Crippen LogP contribution in [0.25, 0.3) is 0 Å². The van der Waals surface area contributed by atoms with Gasteiger partial charge in [-0.15, -0.1) is 0 Å². The quantitative estimate of drug-likeness (QED) is 0.834. The van der Waals surface area contributed by atoms with E-state index in [-0.39, 0.29) is 17.4 Å². The van der Waals surface area contributed by atoms with E-state index in [0.717, 1.165) is 0 Å². The van der Waals surface area contributed by atoms with E-state index in [4.69, 9.17) is 5.73 Å². The Labute approximate surface area is 122 Å². The third kappa shape index (κ3) is 5.33. The number of nitrogens with zero attached hydrogens (tertiary/aromatic N) is 2. The number of amides is 1. The number of nitrogens with two attached hydrogens (primary N) is 1. The van der Waals surface area contributed by atoms with Gasteiger partial charge in [0, 0.05) is 18.9 Å². The van der Waals surface area contributed by atoms with Gasteiger partial charge in [0.15, 0.2) is 0 Å². The van der Waals surface area contributed by atoms with Gasteiger partial charge in [-0.2, -0.15) is 0 Å². The molecule has 0 radical (unpaired) electrons. The van der Waals surface area contributed by atoms with Crippen molar-refractivity contribution in [2.75, 3.05) is 0 Å². The van der Waals surface area contributed by atoms with E-state index in [2.05, 4.69) is 44.9 Å². The topological polar surface area (TPSA) is 72.9 Å². The van der Waals surface area contributed by atoms with Crippen LogP contribution in [-0.4, -0.2) is 27.5 Å². The van der Waals surface area contributed by atoms with Gasteiger partial charge < -0.3 is 15.6 Å². The monoisotopic (exact) mass is 280 g/mol. The Bertz CT molecular complexity index is 406. The summed E-state index contributed by atoms with van der Waals surface area (Å²) >= 11 is 0. The normalized spacial score (nSPS) is 15.2. The van der Waals surface area contributed by atoms with E-state index >= 15 is 0 Å². The summed E-state index contributed by atoms with van der Waals surface area (Å²) in [6, 6.07) is -0.426. The highest BCUT2D eigenvalue weighted by molar-refractivity contribution is 5.81. The lowest BCUT2D eigenvalue weighted by atomic mass is 9.86.